The number of fused-ring (bicyclic) bond motifs is 1. The number of likely N-dealkylation sites (tertiary alicyclic amines) is 1. The van der Waals surface area contributed by atoms with Crippen LogP contribution in [0.3, 0.4) is 0 Å². The minimum Gasteiger partial charge on any atom is -0.338 e. The number of nitrogens with zero attached hydrogens (tertiary/aromatic N) is 2. The Morgan fingerprint density at radius 3 is 2.48 bits per heavy atom. The summed E-state index contributed by atoms with van der Waals surface area (Å²) >= 11 is 0. The molecule has 0 radical (unpaired) electrons. The number of carbonyl (C=O) groups excluding carboxylic acids is 1. The summed E-state index contributed by atoms with van der Waals surface area (Å²) < 4.78 is 27.4. The van der Waals surface area contributed by atoms with Crippen LogP contribution in [0.1, 0.15) is 10.4 Å². The van der Waals surface area contributed by atoms with Crippen LogP contribution in [0.5, 0.6) is 0 Å². The summed E-state index contributed by atoms with van der Waals surface area (Å²) in [4.78, 5) is 23.4. The molecule has 112 valence electrons. The highest BCUT2D eigenvalue weighted by Crippen LogP contribution is 2.29. The maximum absolute atomic E-state index is 14.0. The first-order valence-electron chi connectivity index (χ1n) is 6.61. The summed E-state index contributed by atoms with van der Waals surface area (Å²) in [5, 5.41) is 13.9. The van der Waals surface area contributed by atoms with Gasteiger partial charge in [-0.1, -0.05) is 0 Å². The van der Waals surface area contributed by atoms with E-state index in [1.54, 1.807) is 0 Å². The van der Waals surface area contributed by atoms with Crippen molar-refractivity contribution in [3.8, 4) is 0 Å². The molecule has 1 amide bonds. The molecule has 21 heavy (non-hydrogen) atoms. The van der Waals surface area contributed by atoms with Crippen LogP contribution in [0.4, 0.5) is 14.5 Å². The van der Waals surface area contributed by atoms with Crippen LogP contribution in [0, 0.1) is 33.6 Å². The summed E-state index contributed by atoms with van der Waals surface area (Å²) in [5.74, 6) is -2.35. The lowest BCUT2D eigenvalue weighted by molar-refractivity contribution is -0.387. The van der Waals surface area contributed by atoms with Crippen LogP contribution in [-0.2, 0) is 0 Å². The van der Waals surface area contributed by atoms with Crippen molar-refractivity contribution in [1.82, 2.24) is 10.2 Å². The number of nitro groups is 1. The van der Waals surface area contributed by atoms with Gasteiger partial charge in [0.1, 0.15) is 5.82 Å². The molecule has 0 saturated carbocycles. The molecular weight excluding hydrogens is 284 g/mol. The molecule has 2 aliphatic rings. The second-order valence-electron chi connectivity index (χ2n) is 5.43. The van der Waals surface area contributed by atoms with Gasteiger partial charge in [0.25, 0.3) is 5.91 Å². The van der Waals surface area contributed by atoms with Gasteiger partial charge in [0.15, 0.2) is 0 Å². The standard InChI is InChI=1S/C13H13F2N3O3/c14-9-1-10(12(15)11(2-9)18(20)21)13(19)17-5-7-3-16-4-8(7)6-17/h1-2,7-8,16H,3-6H2. The Morgan fingerprint density at radius 1 is 1.29 bits per heavy atom. The number of benzene rings is 1. The van der Waals surface area contributed by atoms with E-state index >= 15 is 0 Å². The number of rotatable bonds is 2. The van der Waals surface area contributed by atoms with E-state index in [-0.39, 0.29) is 0 Å². The van der Waals surface area contributed by atoms with E-state index in [2.05, 4.69) is 5.32 Å². The van der Waals surface area contributed by atoms with Crippen molar-refractivity contribution in [3.05, 3.63) is 39.4 Å². The van der Waals surface area contributed by atoms with Crippen molar-refractivity contribution >= 4 is 11.6 Å². The average molecular weight is 297 g/mol. The predicted molar refractivity (Wildman–Crippen MR) is 68.8 cm³/mol. The first-order valence-corrected chi connectivity index (χ1v) is 6.61. The maximum Gasteiger partial charge on any atom is 0.308 e. The summed E-state index contributed by atoms with van der Waals surface area (Å²) in [6, 6.07) is 1.20. The van der Waals surface area contributed by atoms with E-state index in [0.717, 1.165) is 19.2 Å². The average Bonchev–Trinajstić information content (AvgIpc) is 3.00. The van der Waals surface area contributed by atoms with E-state index in [9.17, 15) is 23.7 Å². The molecule has 2 saturated heterocycles. The highest BCUT2D eigenvalue weighted by molar-refractivity contribution is 5.95. The number of nitrogens with one attached hydrogen (secondary N) is 1. The van der Waals surface area contributed by atoms with Gasteiger partial charge in [-0.2, -0.15) is 4.39 Å². The molecule has 2 aliphatic heterocycles. The molecule has 0 aliphatic carbocycles. The van der Waals surface area contributed by atoms with Crippen molar-refractivity contribution < 1.29 is 18.5 Å². The van der Waals surface area contributed by atoms with Gasteiger partial charge in [-0.25, -0.2) is 4.39 Å². The highest BCUT2D eigenvalue weighted by atomic mass is 19.1. The van der Waals surface area contributed by atoms with Gasteiger partial charge in [-0.15, -0.1) is 0 Å². The fourth-order valence-electron chi connectivity index (χ4n) is 3.05. The third kappa shape index (κ3) is 2.35. The summed E-state index contributed by atoms with van der Waals surface area (Å²) in [6.45, 7) is 2.50. The number of hydrogen-bond donors (Lipinski definition) is 1. The minimum absolute atomic E-state index is 0.306. The zero-order valence-corrected chi connectivity index (χ0v) is 11.0. The van der Waals surface area contributed by atoms with Crippen molar-refractivity contribution in [3.63, 3.8) is 0 Å². The van der Waals surface area contributed by atoms with Crippen molar-refractivity contribution in [2.24, 2.45) is 11.8 Å². The van der Waals surface area contributed by atoms with E-state index in [1.807, 2.05) is 0 Å². The third-order valence-electron chi connectivity index (χ3n) is 4.12. The number of carbonyl (C=O) groups is 1. The largest absolute Gasteiger partial charge is 0.338 e. The molecule has 3 rings (SSSR count). The number of hydrogen-bond acceptors (Lipinski definition) is 4. The Bertz CT molecular complexity index is 611. The molecule has 2 atom stereocenters. The minimum atomic E-state index is -1.28. The Balaban J connectivity index is 1.90. The van der Waals surface area contributed by atoms with Crippen LogP contribution < -0.4 is 5.32 Å². The maximum atomic E-state index is 14.0. The Kier molecular flexibility index (Phi) is 3.32. The smallest absolute Gasteiger partial charge is 0.308 e. The second kappa shape index (κ2) is 5.03. The van der Waals surface area contributed by atoms with Crippen molar-refractivity contribution in [1.29, 1.82) is 0 Å². The van der Waals surface area contributed by atoms with Crippen LogP contribution in [0.2, 0.25) is 0 Å². The quantitative estimate of drug-likeness (QED) is 0.656. The normalized spacial score (nSPS) is 24.2. The first-order chi connectivity index (χ1) is 9.97. The van der Waals surface area contributed by atoms with Gasteiger partial charge in [0, 0.05) is 26.2 Å². The van der Waals surface area contributed by atoms with Gasteiger partial charge >= 0.3 is 5.69 Å². The van der Waals surface area contributed by atoms with Crippen molar-refractivity contribution in [2.75, 3.05) is 26.2 Å². The monoisotopic (exact) mass is 297 g/mol. The zero-order valence-electron chi connectivity index (χ0n) is 11.0. The topological polar surface area (TPSA) is 75.5 Å². The van der Waals surface area contributed by atoms with Crippen LogP contribution in [0.25, 0.3) is 0 Å². The number of amides is 1. The SMILES string of the molecule is O=C(c1cc(F)cc([N+](=O)[O-])c1F)N1CC2CNCC2C1. The van der Waals surface area contributed by atoms with Crippen molar-refractivity contribution in [2.45, 2.75) is 0 Å². The van der Waals surface area contributed by atoms with E-state index in [1.165, 1.54) is 4.90 Å². The van der Waals surface area contributed by atoms with E-state index < -0.39 is 33.7 Å². The molecule has 6 nitrogen and oxygen atoms in total. The molecule has 0 bridgehead atoms. The third-order valence-corrected chi connectivity index (χ3v) is 4.12. The Labute approximate surface area is 118 Å². The van der Waals surface area contributed by atoms with Gasteiger partial charge in [0.2, 0.25) is 5.82 Å². The molecule has 2 unspecified atom stereocenters. The summed E-state index contributed by atoms with van der Waals surface area (Å²) in [5.41, 5.74) is -1.59. The molecule has 1 aromatic carbocycles. The number of halogens is 2. The van der Waals surface area contributed by atoms with E-state index in [0.29, 0.717) is 31.0 Å². The van der Waals surface area contributed by atoms with Gasteiger partial charge < -0.3 is 10.2 Å². The second-order valence-corrected chi connectivity index (χ2v) is 5.43. The van der Waals surface area contributed by atoms with Gasteiger partial charge in [0.05, 0.1) is 16.6 Å². The summed E-state index contributed by atoms with van der Waals surface area (Å²) in [6.07, 6.45) is 0. The fraction of sp³-hybridized carbons (Fsp3) is 0.462. The predicted octanol–water partition coefficient (Wildman–Crippen LogP) is 1.16. The Morgan fingerprint density at radius 2 is 1.90 bits per heavy atom. The molecule has 2 fully saturated rings. The molecule has 1 aromatic rings. The van der Waals surface area contributed by atoms with Crippen LogP contribution in [0.15, 0.2) is 12.1 Å². The molecule has 0 aromatic heterocycles. The zero-order chi connectivity index (χ0) is 15.1. The van der Waals surface area contributed by atoms with Gasteiger partial charge in [-0.3, -0.25) is 14.9 Å². The lowest BCUT2D eigenvalue weighted by Gasteiger charge is -2.17. The fourth-order valence-corrected chi connectivity index (χ4v) is 3.05. The lowest BCUT2D eigenvalue weighted by Crippen LogP contribution is -2.32. The summed E-state index contributed by atoms with van der Waals surface area (Å²) in [7, 11) is 0. The highest BCUT2D eigenvalue weighted by Gasteiger charge is 2.39. The lowest BCUT2D eigenvalue weighted by atomic mass is 10.0. The molecule has 0 spiro atoms. The molecule has 2 heterocycles. The molecule has 1 N–H and O–H groups in total. The molecule has 8 heteroatoms. The molecular formula is C13H13F2N3O3. The number of nitro benzene ring substituents is 1. The van der Waals surface area contributed by atoms with Gasteiger partial charge in [-0.05, 0) is 17.9 Å². The van der Waals surface area contributed by atoms with Crippen LogP contribution >= 0.6 is 0 Å². The first kappa shape index (κ1) is 13.9. The van der Waals surface area contributed by atoms with Crippen LogP contribution in [-0.4, -0.2) is 41.9 Å². The Hall–Kier alpha value is -2.09. The van der Waals surface area contributed by atoms with E-state index in [4.69, 9.17) is 0 Å².